The summed E-state index contributed by atoms with van der Waals surface area (Å²) in [5.74, 6) is -0.0466. The first-order chi connectivity index (χ1) is 11.1. The van der Waals surface area contributed by atoms with Crippen molar-refractivity contribution in [2.45, 2.75) is 6.92 Å². The maximum Gasteiger partial charge on any atom is 0.345 e. The van der Waals surface area contributed by atoms with E-state index in [0.29, 0.717) is 42.1 Å². The van der Waals surface area contributed by atoms with Gasteiger partial charge < -0.3 is 14.1 Å². The van der Waals surface area contributed by atoms with Crippen molar-refractivity contribution in [3.05, 3.63) is 45.1 Å². The van der Waals surface area contributed by atoms with E-state index in [1.165, 1.54) is 11.3 Å². The lowest BCUT2D eigenvalue weighted by Gasteiger charge is -2.26. The second kappa shape index (κ2) is 5.47. The van der Waals surface area contributed by atoms with Crippen molar-refractivity contribution in [2.75, 3.05) is 26.3 Å². The van der Waals surface area contributed by atoms with E-state index in [1.807, 2.05) is 19.1 Å². The standard InChI is InChI=1S/C17H15NO4S/c1-10-2-3-13-11(8-10)15-12(17(20)22-13)9-14(23-15)16(19)18-4-6-21-7-5-18/h2-3,8-9H,4-7H2,1H3. The number of ether oxygens (including phenoxy) is 1. The minimum Gasteiger partial charge on any atom is -0.422 e. The zero-order valence-electron chi connectivity index (χ0n) is 12.6. The number of rotatable bonds is 1. The van der Waals surface area contributed by atoms with Gasteiger partial charge in [0.15, 0.2) is 0 Å². The molecular formula is C17H15NO4S. The number of aryl methyl sites for hydroxylation is 1. The molecule has 5 nitrogen and oxygen atoms in total. The maximum absolute atomic E-state index is 12.6. The third-order valence-corrected chi connectivity index (χ3v) is 5.20. The van der Waals surface area contributed by atoms with E-state index in [0.717, 1.165) is 15.6 Å². The van der Waals surface area contributed by atoms with Crippen molar-refractivity contribution in [3.63, 3.8) is 0 Å². The Hall–Kier alpha value is -2.18. The van der Waals surface area contributed by atoms with E-state index in [1.54, 1.807) is 17.0 Å². The molecule has 0 aliphatic carbocycles. The van der Waals surface area contributed by atoms with Gasteiger partial charge in [0, 0.05) is 18.5 Å². The molecule has 1 saturated heterocycles. The van der Waals surface area contributed by atoms with Crippen molar-refractivity contribution in [3.8, 4) is 0 Å². The van der Waals surface area contributed by atoms with E-state index in [-0.39, 0.29) is 5.91 Å². The first-order valence-electron chi connectivity index (χ1n) is 7.47. The van der Waals surface area contributed by atoms with Crippen LogP contribution >= 0.6 is 11.3 Å². The molecule has 0 N–H and O–H groups in total. The Morgan fingerprint density at radius 1 is 1.17 bits per heavy atom. The normalized spacial score (nSPS) is 15.4. The number of nitrogens with zero attached hydrogens (tertiary/aromatic N) is 1. The highest BCUT2D eigenvalue weighted by molar-refractivity contribution is 7.21. The van der Waals surface area contributed by atoms with Crippen LogP contribution in [0.2, 0.25) is 0 Å². The number of hydrogen-bond donors (Lipinski definition) is 0. The van der Waals surface area contributed by atoms with Crippen molar-refractivity contribution >= 4 is 38.3 Å². The molecule has 0 radical (unpaired) electrons. The van der Waals surface area contributed by atoms with Gasteiger partial charge in [0.05, 0.1) is 28.2 Å². The van der Waals surface area contributed by atoms with Gasteiger partial charge in [-0.05, 0) is 25.1 Å². The third-order valence-electron chi connectivity index (χ3n) is 4.04. The van der Waals surface area contributed by atoms with Gasteiger partial charge in [0.1, 0.15) is 5.58 Å². The molecule has 118 valence electrons. The summed E-state index contributed by atoms with van der Waals surface area (Å²) in [5, 5.41) is 1.36. The molecule has 2 aromatic heterocycles. The largest absolute Gasteiger partial charge is 0.422 e. The number of fused-ring (bicyclic) bond motifs is 3. The molecule has 23 heavy (non-hydrogen) atoms. The average molecular weight is 329 g/mol. The smallest absolute Gasteiger partial charge is 0.345 e. The lowest BCUT2D eigenvalue weighted by atomic mass is 10.1. The summed E-state index contributed by atoms with van der Waals surface area (Å²) in [4.78, 5) is 27.2. The van der Waals surface area contributed by atoms with E-state index < -0.39 is 5.63 Å². The molecular weight excluding hydrogens is 314 g/mol. The van der Waals surface area contributed by atoms with Gasteiger partial charge in [-0.15, -0.1) is 11.3 Å². The topological polar surface area (TPSA) is 59.8 Å². The van der Waals surface area contributed by atoms with Gasteiger partial charge in [-0.2, -0.15) is 0 Å². The second-order valence-corrected chi connectivity index (χ2v) is 6.70. The quantitative estimate of drug-likeness (QED) is 0.644. The minimum atomic E-state index is -0.395. The van der Waals surface area contributed by atoms with Crippen LogP contribution in [-0.4, -0.2) is 37.1 Å². The lowest BCUT2D eigenvalue weighted by molar-refractivity contribution is 0.0306. The molecule has 0 bridgehead atoms. The van der Waals surface area contributed by atoms with Crippen LogP contribution in [-0.2, 0) is 4.74 Å². The first kappa shape index (κ1) is 14.4. The third kappa shape index (κ3) is 2.44. The number of hydrogen-bond acceptors (Lipinski definition) is 5. The van der Waals surface area contributed by atoms with Crippen LogP contribution in [0.3, 0.4) is 0 Å². The van der Waals surface area contributed by atoms with Crippen molar-refractivity contribution in [1.82, 2.24) is 4.90 Å². The highest BCUT2D eigenvalue weighted by Gasteiger charge is 2.22. The highest BCUT2D eigenvalue weighted by atomic mass is 32.1. The van der Waals surface area contributed by atoms with Crippen LogP contribution < -0.4 is 5.63 Å². The van der Waals surface area contributed by atoms with Gasteiger partial charge in [-0.1, -0.05) is 11.6 Å². The molecule has 4 rings (SSSR count). The highest BCUT2D eigenvalue weighted by Crippen LogP contribution is 2.31. The number of thiophene rings is 1. The number of carbonyl (C=O) groups excluding carboxylic acids is 1. The van der Waals surface area contributed by atoms with Crippen molar-refractivity contribution < 1.29 is 13.9 Å². The monoisotopic (exact) mass is 329 g/mol. The number of benzene rings is 1. The molecule has 3 heterocycles. The maximum atomic E-state index is 12.6. The van der Waals surface area contributed by atoms with E-state index >= 15 is 0 Å². The Kier molecular flexibility index (Phi) is 3.43. The zero-order valence-corrected chi connectivity index (χ0v) is 13.4. The van der Waals surface area contributed by atoms with Crippen LogP contribution in [0.1, 0.15) is 15.2 Å². The number of carbonyl (C=O) groups is 1. The molecule has 0 unspecified atom stereocenters. The van der Waals surface area contributed by atoms with Gasteiger partial charge in [-0.3, -0.25) is 4.79 Å². The zero-order chi connectivity index (χ0) is 16.0. The summed E-state index contributed by atoms with van der Waals surface area (Å²) in [6, 6.07) is 7.35. The van der Waals surface area contributed by atoms with E-state index in [2.05, 4.69) is 0 Å². The summed E-state index contributed by atoms with van der Waals surface area (Å²) in [6.45, 7) is 4.27. The summed E-state index contributed by atoms with van der Waals surface area (Å²) in [6.07, 6.45) is 0. The summed E-state index contributed by atoms with van der Waals surface area (Å²) in [5.41, 5.74) is 1.25. The van der Waals surface area contributed by atoms with Crippen LogP contribution in [0.25, 0.3) is 21.1 Å². The van der Waals surface area contributed by atoms with E-state index in [4.69, 9.17) is 9.15 Å². The Balaban J connectivity index is 1.88. The molecule has 1 aliphatic heterocycles. The fourth-order valence-corrected chi connectivity index (χ4v) is 3.97. The summed E-state index contributed by atoms with van der Waals surface area (Å²) < 4.78 is 11.5. The summed E-state index contributed by atoms with van der Waals surface area (Å²) >= 11 is 1.36. The predicted octanol–water partition coefficient (Wildman–Crippen LogP) is 2.79. The molecule has 1 aromatic carbocycles. The SMILES string of the molecule is Cc1ccc2oc(=O)c3cc(C(=O)N4CCOCC4)sc3c2c1. The van der Waals surface area contributed by atoms with Gasteiger partial charge in [0.25, 0.3) is 5.91 Å². The average Bonchev–Trinajstić information content (AvgIpc) is 3.02. The van der Waals surface area contributed by atoms with Crippen LogP contribution in [0.5, 0.6) is 0 Å². The fourth-order valence-electron chi connectivity index (χ4n) is 2.84. The molecule has 1 aliphatic rings. The first-order valence-corrected chi connectivity index (χ1v) is 8.29. The predicted molar refractivity (Wildman–Crippen MR) is 89.3 cm³/mol. The molecule has 0 spiro atoms. The number of morpholine rings is 1. The lowest BCUT2D eigenvalue weighted by Crippen LogP contribution is -2.40. The second-order valence-electron chi connectivity index (χ2n) is 5.65. The Morgan fingerprint density at radius 2 is 1.96 bits per heavy atom. The fraction of sp³-hybridized carbons (Fsp3) is 0.294. The Bertz CT molecular complexity index is 966. The minimum absolute atomic E-state index is 0.0466. The molecule has 1 fully saturated rings. The van der Waals surface area contributed by atoms with Crippen LogP contribution in [0.15, 0.2) is 33.5 Å². The molecule has 0 atom stereocenters. The van der Waals surface area contributed by atoms with Gasteiger partial charge in [-0.25, -0.2) is 4.79 Å². The summed E-state index contributed by atoms with van der Waals surface area (Å²) in [7, 11) is 0. The Labute approximate surface area is 136 Å². The van der Waals surface area contributed by atoms with Crippen LogP contribution in [0.4, 0.5) is 0 Å². The number of amides is 1. The molecule has 6 heteroatoms. The van der Waals surface area contributed by atoms with Gasteiger partial charge in [0.2, 0.25) is 0 Å². The van der Waals surface area contributed by atoms with Gasteiger partial charge >= 0.3 is 5.63 Å². The molecule has 1 amide bonds. The van der Waals surface area contributed by atoms with Crippen molar-refractivity contribution in [2.24, 2.45) is 0 Å². The van der Waals surface area contributed by atoms with Crippen molar-refractivity contribution in [1.29, 1.82) is 0 Å². The molecule has 3 aromatic rings. The van der Waals surface area contributed by atoms with E-state index in [9.17, 15) is 9.59 Å². The molecule has 0 saturated carbocycles. The Morgan fingerprint density at radius 3 is 2.74 bits per heavy atom. The van der Waals surface area contributed by atoms with Crippen LogP contribution in [0, 0.1) is 6.92 Å².